The third-order valence-corrected chi connectivity index (χ3v) is 3.27. The van der Waals surface area contributed by atoms with Crippen molar-refractivity contribution in [2.75, 3.05) is 39.0 Å². The van der Waals surface area contributed by atoms with Gasteiger partial charge in [0, 0.05) is 36.9 Å². The van der Waals surface area contributed by atoms with E-state index in [0.717, 1.165) is 26.2 Å². The Kier molecular flexibility index (Phi) is 5.26. The van der Waals surface area contributed by atoms with Crippen LogP contribution in [-0.4, -0.2) is 48.9 Å². The number of nitrogen functional groups attached to an aromatic ring is 1. The van der Waals surface area contributed by atoms with Crippen LogP contribution in [0.15, 0.2) is 18.2 Å². The number of rotatable bonds is 1. The summed E-state index contributed by atoms with van der Waals surface area (Å²) >= 11 is 5.89. The van der Waals surface area contributed by atoms with Crippen LogP contribution in [0.25, 0.3) is 0 Å². The fourth-order valence-corrected chi connectivity index (χ4v) is 2.07. The predicted octanol–water partition coefficient (Wildman–Crippen LogP) is 1.73. The highest BCUT2D eigenvalue weighted by Gasteiger charge is 2.21. The molecule has 0 radical (unpaired) electrons. The van der Waals surface area contributed by atoms with E-state index in [1.165, 1.54) is 0 Å². The van der Waals surface area contributed by atoms with E-state index < -0.39 is 0 Å². The summed E-state index contributed by atoms with van der Waals surface area (Å²) in [5.74, 6) is -0.0295. The molecule has 1 aliphatic heterocycles. The van der Waals surface area contributed by atoms with Crippen LogP contribution in [0.3, 0.4) is 0 Å². The van der Waals surface area contributed by atoms with Crippen molar-refractivity contribution in [2.45, 2.75) is 0 Å². The van der Waals surface area contributed by atoms with Crippen LogP contribution in [0.1, 0.15) is 10.4 Å². The molecule has 4 nitrogen and oxygen atoms in total. The van der Waals surface area contributed by atoms with Crippen molar-refractivity contribution in [2.24, 2.45) is 0 Å². The zero-order valence-electron chi connectivity index (χ0n) is 10.2. The minimum absolute atomic E-state index is 0. The van der Waals surface area contributed by atoms with E-state index in [1.54, 1.807) is 18.2 Å². The molecule has 1 saturated heterocycles. The molecule has 100 valence electrons. The lowest BCUT2D eigenvalue weighted by atomic mass is 10.1. The molecule has 0 spiro atoms. The topological polar surface area (TPSA) is 49.6 Å². The number of hydrogen-bond donors (Lipinski definition) is 1. The molecule has 0 aromatic heterocycles. The molecular weight excluding hydrogens is 273 g/mol. The Hall–Kier alpha value is -0.970. The molecular formula is C12H17Cl2N3O. The molecule has 18 heavy (non-hydrogen) atoms. The van der Waals surface area contributed by atoms with Gasteiger partial charge in [-0.15, -0.1) is 12.4 Å². The molecule has 0 aliphatic carbocycles. The molecule has 1 aromatic rings. The van der Waals surface area contributed by atoms with E-state index in [4.69, 9.17) is 17.3 Å². The number of likely N-dealkylation sites (N-methyl/N-ethyl adjacent to an activating group) is 1. The number of piperazine rings is 1. The smallest absolute Gasteiger partial charge is 0.256 e. The van der Waals surface area contributed by atoms with Gasteiger partial charge in [0.05, 0.1) is 5.56 Å². The Morgan fingerprint density at radius 2 is 1.89 bits per heavy atom. The average Bonchev–Trinajstić information content (AvgIpc) is 2.32. The van der Waals surface area contributed by atoms with E-state index in [1.807, 2.05) is 4.90 Å². The van der Waals surface area contributed by atoms with Gasteiger partial charge in [-0.05, 0) is 25.2 Å². The molecule has 1 amide bonds. The Morgan fingerprint density at radius 1 is 1.28 bits per heavy atom. The first-order valence-corrected chi connectivity index (χ1v) is 5.98. The van der Waals surface area contributed by atoms with Crippen molar-refractivity contribution in [3.63, 3.8) is 0 Å². The average molecular weight is 290 g/mol. The molecule has 1 fully saturated rings. The molecule has 0 atom stereocenters. The van der Waals surface area contributed by atoms with Crippen LogP contribution in [0.4, 0.5) is 5.69 Å². The first kappa shape index (κ1) is 15.1. The van der Waals surface area contributed by atoms with Gasteiger partial charge in [0.2, 0.25) is 0 Å². The van der Waals surface area contributed by atoms with Crippen molar-refractivity contribution >= 4 is 35.6 Å². The van der Waals surface area contributed by atoms with Crippen molar-refractivity contribution in [1.29, 1.82) is 0 Å². The molecule has 0 saturated carbocycles. The predicted molar refractivity (Wildman–Crippen MR) is 76.5 cm³/mol. The highest BCUT2D eigenvalue weighted by molar-refractivity contribution is 6.31. The zero-order valence-corrected chi connectivity index (χ0v) is 11.8. The summed E-state index contributed by atoms with van der Waals surface area (Å²) in [4.78, 5) is 16.3. The van der Waals surface area contributed by atoms with Gasteiger partial charge in [-0.3, -0.25) is 4.79 Å². The second kappa shape index (κ2) is 6.27. The van der Waals surface area contributed by atoms with Crippen LogP contribution in [0.5, 0.6) is 0 Å². The van der Waals surface area contributed by atoms with Gasteiger partial charge in [0.1, 0.15) is 0 Å². The number of hydrogen-bond acceptors (Lipinski definition) is 3. The maximum absolute atomic E-state index is 12.2. The first-order valence-electron chi connectivity index (χ1n) is 5.61. The van der Waals surface area contributed by atoms with Gasteiger partial charge >= 0.3 is 0 Å². The first-order chi connectivity index (χ1) is 8.08. The second-order valence-corrected chi connectivity index (χ2v) is 4.76. The normalized spacial score (nSPS) is 16.2. The number of carbonyl (C=O) groups is 1. The Bertz CT molecular complexity index is 431. The summed E-state index contributed by atoms with van der Waals surface area (Å²) in [5.41, 5.74) is 6.79. The lowest BCUT2D eigenvalue weighted by Crippen LogP contribution is -2.47. The molecule has 1 heterocycles. The van der Waals surface area contributed by atoms with Gasteiger partial charge in [0.15, 0.2) is 0 Å². The summed E-state index contributed by atoms with van der Waals surface area (Å²) in [7, 11) is 2.05. The molecule has 0 unspecified atom stereocenters. The minimum atomic E-state index is -0.0295. The monoisotopic (exact) mass is 289 g/mol. The largest absolute Gasteiger partial charge is 0.398 e. The van der Waals surface area contributed by atoms with Gasteiger partial charge < -0.3 is 15.5 Å². The molecule has 1 aliphatic rings. The number of carbonyl (C=O) groups excluding carboxylic acids is 1. The van der Waals surface area contributed by atoms with Gasteiger partial charge in [-0.2, -0.15) is 0 Å². The maximum atomic E-state index is 12.2. The van der Waals surface area contributed by atoms with Crippen molar-refractivity contribution in [1.82, 2.24) is 9.80 Å². The number of halogens is 2. The maximum Gasteiger partial charge on any atom is 0.256 e. The molecule has 2 N–H and O–H groups in total. The summed E-state index contributed by atoms with van der Waals surface area (Å²) in [6.45, 7) is 3.26. The SMILES string of the molecule is CN1CCN(C(=O)c2cc(Cl)ccc2N)CC1.Cl. The summed E-state index contributed by atoms with van der Waals surface area (Å²) < 4.78 is 0. The van der Waals surface area contributed by atoms with E-state index in [9.17, 15) is 4.79 Å². The Balaban J connectivity index is 0.00000162. The number of anilines is 1. The Labute approximate surface area is 118 Å². The van der Waals surface area contributed by atoms with Crippen LogP contribution >= 0.6 is 24.0 Å². The van der Waals surface area contributed by atoms with Gasteiger partial charge in [-0.25, -0.2) is 0 Å². The van der Waals surface area contributed by atoms with E-state index in [0.29, 0.717) is 16.3 Å². The zero-order chi connectivity index (χ0) is 12.4. The lowest BCUT2D eigenvalue weighted by molar-refractivity contribution is 0.0665. The number of amides is 1. The summed E-state index contributed by atoms with van der Waals surface area (Å²) in [5, 5.41) is 0.539. The fraction of sp³-hybridized carbons (Fsp3) is 0.417. The second-order valence-electron chi connectivity index (χ2n) is 4.33. The van der Waals surface area contributed by atoms with Crippen LogP contribution in [0, 0.1) is 0 Å². The summed E-state index contributed by atoms with van der Waals surface area (Å²) in [6.07, 6.45) is 0. The molecule has 2 rings (SSSR count). The van der Waals surface area contributed by atoms with Crippen LogP contribution < -0.4 is 5.73 Å². The van der Waals surface area contributed by atoms with E-state index in [-0.39, 0.29) is 18.3 Å². The molecule has 1 aromatic carbocycles. The quantitative estimate of drug-likeness (QED) is 0.801. The molecule has 0 bridgehead atoms. The highest BCUT2D eigenvalue weighted by Crippen LogP contribution is 2.20. The standard InChI is InChI=1S/C12H16ClN3O.ClH/c1-15-4-6-16(7-5-15)12(17)10-8-9(13)2-3-11(10)14;/h2-3,8H,4-7,14H2,1H3;1H. The summed E-state index contributed by atoms with van der Waals surface area (Å²) in [6, 6.07) is 5.00. The van der Waals surface area contributed by atoms with E-state index >= 15 is 0 Å². The van der Waals surface area contributed by atoms with Gasteiger partial charge in [-0.1, -0.05) is 11.6 Å². The number of benzene rings is 1. The third kappa shape index (κ3) is 3.28. The minimum Gasteiger partial charge on any atom is -0.398 e. The van der Waals surface area contributed by atoms with Crippen molar-refractivity contribution in [3.8, 4) is 0 Å². The lowest BCUT2D eigenvalue weighted by Gasteiger charge is -2.32. The van der Waals surface area contributed by atoms with Crippen molar-refractivity contribution in [3.05, 3.63) is 28.8 Å². The number of nitrogens with zero attached hydrogens (tertiary/aromatic N) is 2. The highest BCUT2D eigenvalue weighted by atomic mass is 35.5. The van der Waals surface area contributed by atoms with Crippen LogP contribution in [0.2, 0.25) is 5.02 Å². The third-order valence-electron chi connectivity index (χ3n) is 3.04. The fourth-order valence-electron chi connectivity index (χ4n) is 1.89. The van der Waals surface area contributed by atoms with Crippen LogP contribution in [-0.2, 0) is 0 Å². The van der Waals surface area contributed by atoms with Crippen molar-refractivity contribution < 1.29 is 4.79 Å². The Morgan fingerprint density at radius 3 is 2.50 bits per heavy atom. The van der Waals surface area contributed by atoms with E-state index in [2.05, 4.69) is 11.9 Å². The molecule has 6 heteroatoms. The number of nitrogens with two attached hydrogens (primary N) is 1. The van der Waals surface area contributed by atoms with Gasteiger partial charge in [0.25, 0.3) is 5.91 Å².